The van der Waals surface area contributed by atoms with E-state index in [1.165, 1.54) is 0 Å². The maximum absolute atomic E-state index is 12.6. The van der Waals surface area contributed by atoms with Crippen molar-refractivity contribution in [2.75, 3.05) is 6.54 Å². The smallest absolute Gasteiger partial charge is 0.225 e. The van der Waals surface area contributed by atoms with Crippen LogP contribution in [0.15, 0.2) is 35.1 Å². The lowest BCUT2D eigenvalue weighted by Crippen LogP contribution is -2.42. The van der Waals surface area contributed by atoms with Gasteiger partial charge in [0, 0.05) is 29.1 Å². The highest BCUT2D eigenvalue weighted by Gasteiger charge is 2.34. The maximum atomic E-state index is 12.6. The van der Waals surface area contributed by atoms with Crippen LogP contribution in [-0.4, -0.2) is 27.3 Å². The molecule has 2 aromatic rings. The number of nitrogens with zero attached hydrogens (tertiary/aromatic N) is 2. The Balaban J connectivity index is 2.06. The highest BCUT2D eigenvalue weighted by atomic mass is 79.9. The number of hydrogen-bond donors (Lipinski definition) is 1. The molecule has 5 heteroatoms. The number of H-pyrrole nitrogens is 1. The minimum atomic E-state index is -0.0944. The van der Waals surface area contributed by atoms with E-state index < -0.39 is 0 Å². The Hall–Kier alpha value is -1.62. The third-order valence-corrected chi connectivity index (χ3v) is 4.42. The van der Waals surface area contributed by atoms with Crippen LogP contribution in [-0.2, 0) is 11.2 Å². The summed E-state index contributed by atoms with van der Waals surface area (Å²) in [5.74, 6) is 0.167. The largest absolute Gasteiger partial charge is 0.348 e. The van der Waals surface area contributed by atoms with Crippen LogP contribution in [0.2, 0.25) is 0 Å². The number of rotatable bonds is 2. The number of imidazole rings is 1. The van der Waals surface area contributed by atoms with Crippen molar-refractivity contribution in [3.8, 4) is 0 Å². The third kappa shape index (κ3) is 2.62. The van der Waals surface area contributed by atoms with Gasteiger partial charge in [0.2, 0.25) is 5.91 Å². The number of nitrogens with one attached hydrogen (secondary N) is 1. The Morgan fingerprint density at radius 3 is 2.76 bits per heavy atom. The number of carbonyl (C=O) groups is 1. The summed E-state index contributed by atoms with van der Waals surface area (Å²) in [4.78, 5) is 22.2. The molecule has 1 aliphatic heterocycles. The molecule has 0 aliphatic carbocycles. The number of halogens is 1. The first-order valence-corrected chi connectivity index (χ1v) is 7.95. The quantitative estimate of drug-likeness (QED) is 0.905. The van der Waals surface area contributed by atoms with Crippen LogP contribution in [0.4, 0.5) is 0 Å². The first-order valence-electron chi connectivity index (χ1n) is 7.16. The maximum Gasteiger partial charge on any atom is 0.225 e. The Bertz CT molecular complexity index is 648. The average Bonchev–Trinajstić information content (AvgIpc) is 2.94. The van der Waals surface area contributed by atoms with Gasteiger partial charge in [-0.05, 0) is 17.7 Å². The van der Waals surface area contributed by atoms with Crippen LogP contribution in [0.5, 0.6) is 0 Å². The fourth-order valence-corrected chi connectivity index (χ4v) is 3.09. The van der Waals surface area contributed by atoms with E-state index in [1.54, 1.807) is 6.33 Å². The number of benzene rings is 1. The van der Waals surface area contributed by atoms with Gasteiger partial charge in [-0.2, -0.15) is 0 Å². The molecule has 1 aliphatic rings. The summed E-state index contributed by atoms with van der Waals surface area (Å²) in [6.07, 6.45) is 2.56. The number of aromatic amines is 1. The van der Waals surface area contributed by atoms with Crippen LogP contribution in [0.3, 0.4) is 0 Å². The predicted octanol–water partition coefficient (Wildman–Crippen LogP) is 3.30. The Morgan fingerprint density at radius 1 is 1.38 bits per heavy atom. The number of aromatic nitrogens is 2. The summed E-state index contributed by atoms with van der Waals surface area (Å²) in [6, 6.07) is 8.03. The van der Waals surface area contributed by atoms with E-state index in [9.17, 15) is 4.79 Å². The van der Waals surface area contributed by atoms with E-state index in [-0.39, 0.29) is 17.9 Å². The van der Waals surface area contributed by atoms with E-state index >= 15 is 0 Å². The lowest BCUT2D eigenvalue weighted by atomic mass is 9.94. The van der Waals surface area contributed by atoms with Gasteiger partial charge < -0.3 is 9.88 Å². The summed E-state index contributed by atoms with van der Waals surface area (Å²) in [5.41, 5.74) is 3.20. The molecule has 2 heterocycles. The first kappa shape index (κ1) is 14.3. The molecule has 0 spiro atoms. The van der Waals surface area contributed by atoms with Crippen LogP contribution in [0.25, 0.3) is 0 Å². The van der Waals surface area contributed by atoms with Crippen molar-refractivity contribution in [1.29, 1.82) is 0 Å². The third-order valence-electron chi connectivity index (χ3n) is 3.89. The highest BCUT2D eigenvalue weighted by molar-refractivity contribution is 9.10. The van der Waals surface area contributed by atoms with Crippen molar-refractivity contribution >= 4 is 21.8 Å². The summed E-state index contributed by atoms with van der Waals surface area (Å²) >= 11 is 3.46. The fourth-order valence-electron chi connectivity index (χ4n) is 2.83. The molecule has 1 aromatic carbocycles. The molecule has 1 aromatic heterocycles. The van der Waals surface area contributed by atoms with Gasteiger partial charge in [0.1, 0.15) is 6.04 Å². The monoisotopic (exact) mass is 347 g/mol. The molecule has 3 rings (SSSR count). The molecular weight excluding hydrogens is 330 g/mol. The molecule has 0 bridgehead atoms. The summed E-state index contributed by atoms with van der Waals surface area (Å²) in [5, 5.41) is 0. The van der Waals surface area contributed by atoms with Crippen LogP contribution >= 0.6 is 15.9 Å². The topological polar surface area (TPSA) is 49.0 Å². The van der Waals surface area contributed by atoms with E-state index in [0.717, 1.165) is 34.4 Å². The van der Waals surface area contributed by atoms with E-state index in [1.807, 2.05) is 30.9 Å². The summed E-state index contributed by atoms with van der Waals surface area (Å²) in [6.45, 7) is 4.62. The molecule has 0 saturated carbocycles. The Labute approximate surface area is 132 Å². The van der Waals surface area contributed by atoms with Gasteiger partial charge in [-0.15, -0.1) is 0 Å². The van der Waals surface area contributed by atoms with Gasteiger partial charge in [-0.3, -0.25) is 4.79 Å². The summed E-state index contributed by atoms with van der Waals surface area (Å²) in [7, 11) is 0. The minimum absolute atomic E-state index is 0.0107. The van der Waals surface area contributed by atoms with E-state index in [0.29, 0.717) is 0 Å². The normalized spacial score (nSPS) is 17.9. The number of amides is 1. The second-order valence-electron chi connectivity index (χ2n) is 5.66. The first-order chi connectivity index (χ1) is 10.1. The zero-order valence-corrected chi connectivity index (χ0v) is 13.7. The minimum Gasteiger partial charge on any atom is -0.348 e. The van der Waals surface area contributed by atoms with Crippen molar-refractivity contribution in [2.45, 2.75) is 26.3 Å². The molecule has 1 amide bonds. The molecule has 1 N–H and O–H groups in total. The molecule has 1 atom stereocenters. The van der Waals surface area contributed by atoms with Gasteiger partial charge in [-0.1, -0.05) is 41.9 Å². The van der Waals surface area contributed by atoms with E-state index in [4.69, 9.17) is 0 Å². The van der Waals surface area contributed by atoms with Gasteiger partial charge in [-0.25, -0.2) is 4.98 Å². The number of hydrogen-bond acceptors (Lipinski definition) is 2. The van der Waals surface area contributed by atoms with Gasteiger partial charge in [0.25, 0.3) is 0 Å². The molecule has 0 saturated heterocycles. The molecule has 21 heavy (non-hydrogen) atoms. The second kappa shape index (κ2) is 5.64. The van der Waals surface area contributed by atoms with Crippen molar-refractivity contribution in [3.63, 3.8) is 0 Å². The Kier molecular flexibility index (Phi) is 3.85. The average molecular weight is 348 g/mol. The molecule has 110 valence electrons. The van der Waals surface area contributed by atoms with Crippen LogP contribution < -0.4 is 0 Å². The van der Waals surface area contributed by atoms with Crippen LogP contribution in [0, 0.1) is 5.92 Å². The standard InChI is InChI=1S/C16H18BrN3O/c1-10(2)16(21)20-8-7-13-14(19-9-18-13)15(20)11-3-5-12(17)6-4-11/h3-6,9-10,15H,7-8H2,1-2H3,(H,18,19)/t15-/m0/s1. The summed E-state index contributed by atoms with van der Waals surface area (Å²) < 4.78 is 1.03. The molecule has 0 fully saturated rings. The molecular formula is C16H18BrN3O. The van der Waals surface area contributed by atoms with Crippen LogP contribution in [0.1, 0.15) is 36.8 Å². The van der Waals surface area contributed by atoms with Crippen molar-refractivity contribution in [2.24, 2.45) is 5.92 Å². The van der Waals surface area contributed by atoms with Crippen molar-refractivity contribution in [1.82, 2.24) is 14.9 Å². The fraction of sp³-hybridized carbons (Fsp3) is 0.375. The van der Waals surface area contributed by atoms with Gasteiger partial charge >= 0.3 is 0 Å². The molecule has 0 radical (unpaired) electrons. The number of carbonyl (C=O) groups excluding carboxylic acids is 1. The number of fused-ring (bicyclic) bond motifs is 1. The molecule has 4 nitrogen and oxygen atoms in total. The second-order valence-corrected chi connectivity index (χ2v) is 6.57. The zero-order valence-electron chi connectivity index (χ0n) is 12.1. The predicted molar refractivity (Wildman–Crippen MR) is 84.8 cm³/mol. The van der Waals surface area contributed by atoms with Crippen molar-refractivity contribution < 1.29 is 4.79 Å². The van der Waals surface area contributed by atoms with E-state index in [2.05, 4.69) is 38.0 Å². The highest BCUT2D eigenvalue weighted by Crippen LogP contribution is 2.34. The zero-order chi connectivity index (χ0) is 15.0. The van der Waals surface area contributed by atoms with Crippen molar-refractivity contribution in [3.05, 3.63) is 52.0 Å². The molecule has 0 unspecified atom stereocenters. The van der Waals surface area contributed by atoms with Gasteiger partial charge in [0.05, 0.1) is 12.0 Å². The lowest BCUT2D eigenvalue weighted by Gasteiger charge is -2.36. The Morgan fingerprint density at radius 2 is 2.10 bits per heavy atom. The SMILES string of the molecule is CC(C)C(=O)N1CCc2[nH]cnc2[C@@H]1c1ccc(Br)cc1. The van der Waals surface area contributed by atoms with Gasteiger partial charge in [0.15, 0.2) is 0 Å². The lowest BCUT2D eigenvalue weighted by molar-refractivity contribution is -0.136.